The highest BCUT2D eigenvalue weighted by atomic mass is 35.5. The van der Waals surface area contributed by atoms with E-state index in [2.05, 4.69) is 6.58 Å². The van der Waals surface area contributed by atoms with E-state index in [1.54, 1.807) is 49.4 Å². The van der Waals surface area contributed by atoms with Crippen LogP contribution < -0.4 is 9.47 Å². The van der Waals surface area contributed by atoms with Crippen molar-refractivity contribution < 1.29 is 32.6 Å². The highest BCUT2D eigenvalue weighted by molar-refractivity contribution is 6.30. The monoisotopic (exact) mass is 565 g/mol. The standard InChI is InChI=1S/C31H26ClF2NO5/c1-4-15-31(33,34)18-28(36)20-7-11-23(12-8-20)40-29(37)17-25-19(2)35(27-14-13-24(39-3)16-26(25)27)30(38)21-5-9-22(32)10-6-21/h4-14,16H,1,15,17-18H2,2-3H3. The van der Waals surface area contributed by atoms with E-state index in [-0.39, 0.29) is 23.6 Å². The molecule has 40 heavy (non-hydrogen) atoms. The summed E-state index contributed by atoms with van der Waals surface area (Å²) in [6, 6.07) is 17.2. The Labute approximate surface area is 234 Å². The molecule has 0 aliphatic carbocycles. The van der Waals surface area contributed by atoms with Gasteiger partial charge in [-0.2, -0.15) is 0 Å². The van der Waals surface area contributed by atoms with Crippen LogP contribution in [0.1, 0.15) is 44.8 Å². The quantitative estimate of drug-likeness (QED) is 0.0877. The Bertz CT molecular complexity index is 1590. The van der Waals surface area contributed by atoms with Crippen molar-refractivity contribution >= 4 is 40.2 Å². The van der Waals surface area contributed by atoms with Gasteiger partial charge in [-0.25, -0.2) is 8.78 Å². The Morgan fingerprint density at radius 3 is 2.23 bits per heavy atom. The second-order valence-corrected chi connectivity index (χ2v) is 9.65. The van der Waals surface area contributed by atoms with Gasteiger partial charge < -0.3 is 9.47 Å². The average Bonchev–Trinajstić information content (AvgIpc) is 3.18. The van der Waals surface area contributed by atoms with Crippen molar-refractivity contribution in [3.8, 4) is 11.5 Å². The van der Waals surface area contributed by atoms with Crippen molar-refractivity contribution in [3.63, 3.8) is 0 Å². The lowest BCUT2D eigenvalue weighted by molar-refractivity contribution is -0.133. The van der Waals surface area contributed by atoms with Crippen molar-refractivity contribution in [2.45, 2.75) is 32.1 Å². The van der Waals surface area contributed by atoms with E-state index in [1.807, 2.05) is 0 Å². The minimum atomic E-state index is -3.18. The van der Waals surface area contributed by atoms with Crippen LogP contribution in [0.2, 0.25) is 5.02 Å². The zero-order valence-electron chi connectivity index (χ0n) is 21.9. The third-order valence-electron chi connectivity index (χ3n) is 6.43. The summed E-state index contributed by atoms with van der Waals surface area (Å²) in [5, 5.41) is 1.15. The first-order valence-electron chi connectivity index (χ1n) is 12.3. The van der Waals surface area contributed by atoms with Gasteiger partial charge >= 0.3 is 5.97 Å². The predicted octanol–water partition coefficient (Wildman–Crippen LogP) is 7.23. The molecule has 206 valence electrons. The molecule has 9 heteroatoms. The van der Waals surface area contributed by atoms with Crippen molar-refractivity contribution in [1.29, 1.82) is 0 Å². The fraction of sp³-hybridized carbons (Fsp3) is 0.194. The van der Waals surface area contributed by atoms with E-state index in [0.29, 0.717) is 38.5 Å². The van der Waals surface area contributed by atoms with Crippen LogP contribution in [-0.4, -0.2) is 35.3 Å². The molecule has 0 aliphatic heterocycles. The van der Waals surface area contributed by atoms with Gasteiger partial charge in [-0.1, -0.05) is 17.7 Å². The predicted molar refractivity (Wildman–Crippen MR) is 149 cm³/mol. The van der Waals surface area contributed by atoms with Crippen molar-refractivity contribution in [2.24, 2.45) is 0 Å². The fourth-order valence-electron chi connectivity index (χ4n) is 4.44. The number of fused-ring (bicyclic) bond motifs is 1. The Hall–Kier alpha value is -4.30. The number of esters is 1. The second-order valence-electron chi connectivity index (χ2n) is 9.22. The average molecular weight is 566 g/mol. The Morgan fingerprint density at radius 2 is 1.60 bits per heavy atom. The lowest BCUT2D eigenvalue weighted by Gasteiger charge is -2.13. The third kappa shape index (κ3) is 6.29. The van der Waals surface area contributed by atoms with Gasteiger partial charge in [0, 0.05) is 33.7 Å². The van der Waals surface area contributed by atoms with E-state index in [1.165, 1.54) is 35.9 Å². The minimum absolute atomic E-state index is 0.0789. The van der Waals surface area contributed by atoms with E-state index in [0.717, 1.165) is 6.08 Å². The molecule has 0 spiro atoms. The van der Waals surface area contributed by atoms with Gasteiger partial charge in [-0.15, -0.1) is 6.58 Å². The molecule has 0 unspecified atom stereocenters. The molecule has 0 saturated heterocycles. The summed E-state index contributed by atoms with van der Waals surface area (Å²) in [4.78, 5) is 38.6. The van der Waals surface area contributed by atoms with E-state index < -0.39 is 30.5 Å². The van der Waals surface area contributed by atoms with E-state index in [4.69, 9.17) is 21.1 Å². The van der Waals surface area contributed by atoms with Crippen molar-refractivity contribution in [2.75, 3.05) is 7.11 Å². The lowest BCUT2D eigenvalue weighted by atomic mass is 10.0. The van der Waals surface area contributed by atoms with Gasteiger partial charge in [0.15, 0.2) is 5.78 Å². The SMILES string of the molecule is C=CCC(F)(F)CC(=O)c1ccc(OC(=O)Cc2c(C)n(C(=O)c3ccc(Cl)cc3)c3ccc(OC)cc23)cc1. The number of allylic oxidation sites excluding steroid dienone is 1. The van der Waals surface area contributed by atoms with Gasteiger partial charge in [0.1, 0.15) is 11.5 Å². The zero-order valence-corrected chi connectivity index (χ0v) is 22.6. The molecule has 0 saturated carbocycles. The zero-order chi connectivity index (χ0) is 29.0. The van der Waals surface area contributed by atoms with Gasteiger partial charge in [0.25, 0.3) is 11.8 Å². The van der Waals surface area contributed by atoms with Crippen LogP contribution in [0, 0.1) is 6.92 Å². The summed E-state index contributed by atoms with van der Waals surface area (Å²) in [6.07, 6.45) is -0.634. The number of nitrogens with zero attached hydrogens (tertiary/aromatic N) is 1. The summed E-state index contributed by atoms with van der Waals surface area (Å²) < 4.78 is 39.9. The summed E-state index contributed by atoms with van der Waals surface area (Å²) in [5.74, 6) is -4.11. The number of Topliss-reactive ketones (excluding diaryl/α,β-unsaturated/α-hetero) is 1. The molecule has 0 amide bonds. The number of methoxy groups -OCH3 is 1. The molecule has 6 nitrogen and oxygen atoms in total. The van der Waals surface area contributed by atoms with Gasteiger partial charge in [0.2, 0.25) is 0 Å². The molecule has 1 heterocycles. The van der Waals surface area contributed by atoms with Crippen molar-refractivity contribution in [3.05, 3.63) is 107 Å². The Kier molecular flexibility index (Phi) is 8.49. The van der Waals surface area contributed by atoms with E-state index in [9.17, 15) is 23.2 Å². The number of rotatable bonds is 10. The molecule has 0 bridgehead atoms. The molecule has 3 aromatic carbocycles. The molecular formula is C31H26ClF2NO5. The molecule has 0 atom stereocenters. The Morgan fingerprint density at radius 1 is 0.975 bits per heavy atom. The number of carbonyl (C=O) groups is 3. The first-order valence-corrected chi connectivity index (χ1v) is 12.7. The third-order valence-corrected chi connectivity index (χ3v) is 6.68. The van der Waals surface area contributed by atoms with Crippen LogP contribution in [0.25, 0.3) is 10.9 Å². The first-order chi connectivity index (χ1) is 19.0. The summed E-state index contributed by atoms with van der Waals surface area (Å²) in [7, 11) is 1.52. The summed E-state index contributed by atoms with van der Waals surface area (Å²) >= 11 is 5.98. The molecule has 1 aromatic heterocycles. The summed E-state index contributed by atoms with van der Waals surface area (Å²) in [5.41, 5.74) is 2.23. The molecular weight excluding hydrogens is 540 g/mol. The maximum Gasteiger partial charge on any atom is 0.315 e. The molecule has 4 rings (SSSR count). The van der Waals surface area contributed by atoms with Crippen LogP contribution in [0.15, 0.2) is 79.4 Å². The molecule has 0 radical (unpaired) electrons. The van der Waals surface area contributed by atoms with Crippen LogP contribution in [-0.2, 0) is 11.2 Å². The van der Waals surface area contributed by atoms with Crippen LogP contribution in [0.4, 0.5) is 8.78 Å². The van der Waals surface area contributed by atoms with Gasteiger partial charge in [-0.3, -0.25) is 19.0 Å². The van der Waals surface area contributed by atoms with Crippen molar-refractivity contribution in [1.82, 2.24) is 4.57 Å². The molecule has 0 N–H and O–H groups in total. The number of aromatic nitrogens is 1. The molecule has 0 aliphatic rings. The maximum absolute atomic E-state index is 13.8. The first kappa shape index (κ1) is 28.7. The maximum atomic E-state index is 13.8. The molecule has 0 fully saturated rings. The van der Waals surface area contributed by atoms with E-state index >= 15 is 0 Å². The number of hydrogen-bond acceptors (Lipinski definition) is 5. The molecule has 4 aromatic rings. The smallest absolute Gasteiger partial charge is 0.315 e. The van der Waals surface area contributed by atoms with Gasteiger partial charge in [0.05, 0.1) is 25.5 Å². The fourth-order valence-corrected chi connectivity index (χ4v) is 4.56. The van der Waals surface area contributed by atoms with Crippen LogP contribution in [0.5, 0.6) is 11.5 Å². The number of carbonyl (C=O) groups excluding carboxylic acids is 3. The van der Waals surface area contributed by atoms with Crippen LogP contribution >= 0.6 is 11.6 Å². The normalized spacial score (nSPS) is 11.3. The topological polar surface area (TPSA) is 74.6 Å². The number of ketones is 1. The number of ether oxygens (including phenoxy) is 2. The number of halogens is 3. The number of hydrogen-bond donors (Lipinski definition) is 0. The number of alkyl halides is 2. The second kappa shape index (κ2) is 11.8. The summed E-state index contributed by atoms with van der Waals surface area (Å²) in [6.45, 7) is 5.03. The number of benzene rings is 3. The largest absolute Gasteiger partial charge is 0.497 e. The highest BCUT2D eigenvalue weighted by Gasteiger charge is 2.31. The van der Waals surface area contributed by atoms with Crippen LogP contribution in [0.3, 0.4) is 0 Å². The Balaban J connectivity index is 1.57. The highest BCUT2D eigenvalue weighted by Crippen LogP contribution is 2.31. The van der Waals surface area contributed by atoms with Gasteiger partial charge in [-0.05, 0) is 79.2 Å². The lowest BCUT2D eigenvalue weighted by Crippen LogP contribution is -2.20. The minimum Gasteiger partial charge on any atom is -0.497 e.